The first-order chi connectivity index (χ1) is 24.2. The molecule has 13 heteroatoms. The minimum atomic E-state index is -2.74. The summed E-state index contributed by atoms with van der Waals surface area (Å²) < 4.78 is 20.0. The van der Waals surface area contributed by atoms with Crippen LogP contribution in [0.25, 0.3) is 33.8 Å². The van der Waals surface area contributed by atoms with Crippen LogP contribution in [0.3, 0.4) is 0 Å². The SMILES string of the molecule is C=C(OCC)c1c(C2CCSCC2)nc2c(-c3ccc(-c4ccccc4)nc3)cnn2c1N(COCC[Si](C)(C)C)C(O)(O)OCC[Si](C)(C)C. The molecule has 4 heterocycles. The Labute approximate surface area is 309 Å². The molecular weight excluding hydrogens is 695 g/mol. The van der Waals surface area contributed by atoms with Crippen molar-refractivity contribution in [2.24, 2.45) is 0 Å². The number of aliphatic hydroxyl groups is 2. The molecule has 0 radical (unpaired) electrons. The summed E-state index contributed by atoms with van der Waals surface area (Å²) in [4.78, 5) is 11.5. The molecule has 3 aromatic heterocycles. The first-order valence-electron chi connectivity index (χ1n) is 18.0. The van der Waals surface area contributed by atoms with E-state index in [1.807, 2.05) is 67.3 Å². The van der Waals surface area contributed by atoms with Gasteiger partial charge in [-0.15, -0.1) is 0 Å². The van der Waals surface area contributed by atoms with Crippen LogP contribution in [-0.2, 0) is 14.2 Å². The van der Waals surface area contributed by atoms with E-state index in [4.69, 9.17) is 29.3 Å². The maximum atomic E-state index is 11.9. The molecule has 276 valence electrons. The summed E-state index contributed by atoms with van der Waals surface area (Å²) in [5.74, 6) is 2.82. The number of thioether (sulfide) groups is 1. The molecule has 0 amide bonds. The summed E-state index contributed by atoms with van der Waals surface area (Å²) >= 11 is 1.93. The fourth-order valence-electron chi connectivity index (χ4n) is 5.95. The van der Waals surface area contributed by atoms with Gasteiger partial charge in [-0.1, -0.05) is 82.3 Å². The summed E-state index contributed by atoms with van der Waals surface area (Å²) in [6, 6.07) is 15.7. The van der Waals surface area contributed by atoms with E-state index >= 15 is 0 Å². The largest absolute Gasteiger partial charge is 0.494 e. The zero-order valence-corrected chi connectivity index (χ0v) is 34.1. The van der Waals surface area contributed by atoms with Gasteiger partial charge in [0, 0.05) is 51.6 Å². The third-order valence-corrected chi connectivity index (χ3v) is 13.4. The monoisotopic (exact) mass is 749 g/mol. The van der Waals surface area contributed by atoms with Crippen molar-refractivity contribution in [2.45, 2.75) is 83.2 Å². The summed E-state index contributed by atoms with van der Waals surface area (Å²) in [5, 5.41) is 28.7. The lowest BCUT2D eigenvalue weighted by Gasteiger charge is -2.38. The number of benzene rings is 1. The van der Waals surface area contributed by atoms with Crippen molar-refractivity contribution >= 4 is 45.1 Å². The Morgan fingerprint density at radius 2 is 1.65 bits per heavy atom. The zero-order valence-electron chi connectivity index (χ0n) is 31.3. The number of hydrogen-bond acceptors (Lipinski definition) is 10. The van der Waals surface area contributed by atoms with E-state index in [1.165, 1.54) is 4.90 Å². The fraction of sp³-hybridized carbons (Fsp3) is 0.500. The van der Waals surface area contributed by atoms with Gasteiger partial charge in [0.1, 0.15) is 12.5 Å². The van der Waals surface area contributed by atoms with Crippen LogP contribution >= 0.6 is 11.8 Å². The molecular formula is C38H55N5O5SSi2. The van der Waals surface area contributed by atoms with E-state index in [9.17, 15) is 10.2 Å². The molecule has 2 N–H and O–H groups in total. The lowest BCUT2D eigenvalue weighted by molar-refractivity contribution is -0.339. The Balaban J connectivity index is 1.71. The summed E-state index contributed by atoms with van der Waals surface area (Å²) in [5.41, 5.74) is 5.42. The number of pyridine rings is 1. The standard InChI is InChI=1S/C38H55N5O5SSi2/c1-9-47-28(2)34-35(30-17-21-49-22-18-30)41-36-32(31-15-16-33(39-25-31)29-13-11-10-12-14-29)26-40-43(36)37(34)42(27-46-19-23-50(3,4)5)38(44,45)48-20-24-51(6,7)8/h10-16,25-26,30,44-45H,2,9,17-24,27H2,1,3-8H3. The van der Waals surface area contributed by atoms with Crippen molar-refractivity contribution in [1.29, 1.82) is 0 Å². The molecule has 51 heavy (non-hydrogen) atoms. The average molecular weight is 750 g/mol. The van der Waals surface area contributed by atoms with Gasteiger partial charge in [0.05, 0.1) is 36.4 Å². The van der Waals surface area contributed by atoms with Crippen LogP contribution in [0, 0.1) is 0 Å². The predicted octanol–water partition coefficient (Wildman–Crippen LogP) is 8.15. The van der Waals surface area contributed by atoms with Crippen LogP contribution in [0.15, 0.2) is 61.4 Å². The maximum Gasteiger partial charge on any atom is 0.375 e. The van der Waals surface area contributed by atoms with Crippen molar-refractivity contribution in [3.63, 3.8) is 0 Å². The first kappa shape index (κ1) is 39.2. The van der Waals surface area contributed by atoms with Gasteiger partial charge >= 0.3 is 6.10 Å². The third-order valence-electron chi connectivity index (χ3n) is 8.97. The fourth-order valence-corrected chi connectivity index (χ4v) is 8.53. The lowest BCUT2D eigenvalue weighted by atomic mass is 9.93. The molecule has 0 aliphatic carbocycles. The van der Waals surface area contributed by atoms with Gasteiger partial charge in [0.25, 0.3) is 0 Å². The molecule has 1 aliphatic heterocycles. The second kappa shape index (κ2) is 16.7. The number of hydrogen-bond donors (Lipinski definition) is 2. The third kappa shape index (κ3) is 10.1. The van der Waals surface area contributed by atoms with Crippen molar-refractivity contribution in [2.75, 3.05) is 43.0 Å². The van der Waals surface area contributed by atoms with Gasteiger partial charge in [-0.3, -0.25) is 9.88 Å². The highest BCUT2D eigenvalue weighted by Crippen LogP contribution is 2.42. The topological polar surface area (TPSA) is 114 Å². The molecule has 4 aromatic rings. The molecule has 1 saturated heterocycles. The van der Waals surface area contributed by atoms with Gasteiger partial charge in [-0.2, -0.15) is 21.4 Å². The minimum absolute atomic E-state index is 0.0952. The Bertz CT molecular complexity index is 1750. The van der Waals surface area contributed by atoms with Crippen LogP contribution in [0.1, 0.15) is 36.9 Å². The van der Waals surface area contributed by atoms with E-state index in [2.05, 4.69) is 45.9 Å². The molecule has 1 aromatic carbocycles. The molecule has 0 spiro atoms. The van der Waals surface area contributed by atoms with Crippen LogP contribution in [0.4, 0.5) is 5.82 Å². The number of anilines is 1. The number of rotatable bonds is 17. The quantitative estimate of drug-likeness (QED) is 0.0475. The Morgan fingerprint density at radius 1 is 0.961 bits per heavy atom. The zero-order chi connectivity index (χ0) is 36.8. The van der Waals surface area contributed by atoms with E-state index in [-0.39, 0.29) is 19.3 Å². The summed E-state index contributed by atoms with van der Waals surface area (Å²) in [7, 11) is -3.00. The molecule has 0 unspecified atom stereocenters. The van der Waals surface area contributed by atoms with Gasteiger partial charge in [-0.25, -0.2) is 4.98 Å². The van der Waals surface area contributed by atoms with Gasteiger partial charge in [0.15, 0.2) is 11.5 Å². The summed E-state index contributed by atoms with van der Waals surface area (Å²) in [6.07, 6.45) is 2.69. The van der Waals surface area contributed by atoms with Crippen molar-refractivity contribution < 1.29 is 24.4 Å². The van der Waals surface area contributed by atoms with Gasteiger partial charge < -0.3 is 24.4 Å². The van der Waals surface area contributed by atoms with Crippen LogP contribution < -0.4 is 4.90 Å². The van der Waals surface area contributed by atoms with E-state index in [0.717, 1.165) is 64.5 Å². The Morgan fingerprint density at radius 3 is 2.27 bits per heavy atom. The maximum absolute atomic E-state index is 11.9. The van der Waals surface area contributed by atoms with Gasteiger partial charge in [0.2, 0.25) is 0 Å². The Kier molecular flexibility index (Phi) is 12.9. The number of fused-ring (bicyclic) bond motifs is 1. The Hall–Kier alpha value is -3.05. The molecule has 0 bridgehead atoms. The predicted molar refractivity (Wildman–Crippen MR) is 214 cm³/mol. The van der Waals surface area contributed by atoms with Crippen molar-refractivity contribution in [1.82, 2.24) is 19.6 Å². The highest BCUT2D eigenvalue weighted by atomic mass is 32.2. The number of nitrogens with zero attached hydrogens (tertiary/aromatic N) is 5. The molecule has 0 atom stereocenters. The van der Waals surface area contributed by atoms with E-state index in [0.29, 0.717) is 36.0 Å². The summed E-state index contributed by atoms with van der Waals surface area (Å²) in [6.45, 7) is 20.6. The highest BCUT2D eigenvalue weighted by Gasteiger charge is 2.41. The molecule has 5 rings (SSSR count). The smallest absolute Gasteiger partial charge is 0.375 e. The normalized spacial score (nSPS) is 14.6. The van der Waals surface area contributed by atoms with Crippen LogP contribution in [-0.4, -0.2) is 90.1 Å². The van der Waals surface area contributed by atoms with E-state index in [1.54, 1.807) is 10.7 Å². The molecule has 1 fully saturated rings. The van der Waals surface area contributed by atoms with Gasteiger partial charge in [-0.05, 0) is 49.4 Å². The lowest BCUT2D eigenvalue weighted by Crippen LogP contribution is -2.54. The number of ether oxygens (including phenoxy) is 3. The highest BCUT2D eigenvalue weighted by molar-refractivity contribution is 7.99. The molecule has 10 nitrogen and oxygen atoms in total. The van der Waals surface area contributed by atoms with Crippen LogP contribution in [0.5, 0.6) is 0 Å². The van der Waals surface area contributed by atoms with Crippen molar-refractivity contribution in [3.05, 3.63) is 72.7 Å². The van der Waals surface area contributed by atoms with Crippen molar-refractivity contribution in [3.8, 4) is 22.4 Å². The second-order valence-electron chi connectivity index (χ2n) is 15.5. The minimum Gasteiger partial charge on any atom is -0.494 e. The average Bonchev–Trinajstić information content (AvgIpc) is 3.51. The molecule has 1 aliphatic rings. The molecule has 0 saturated carbocycles. The second-order valence-corrected chi connectivity index (χ2v) is 28.0. The van der Waals surface area contributed by atoms with E-state index < -0.39 is 22.2 Å². The van der Waals surface area contributed by atoms with Crippen LogP contribution in [0.2, 0.25) is 51.4 Å². The first-order valence-corrected chi connectivity index (χ1v) is 26.5. The number of aromatic nitrogens is 4.